The molecule has 0 amide bonds. The molecule has 0 spiro atoms. The zero-order valence-corrected chi connectivity index (χ0v) is 21.1. The molecule has 0 aliphatic rings. The normalized spacial score (nSPS) is 11.0. The average molecular weight is 553 g/mol. The van der Waals surface area contributed by atoms with Gasteiger partial charge in [0.2, 0.25) is 5.78 Å². The van der Waals surface area contributed by atoms with Crippen molar-refractivity contribution in [3.63, 3.8) is 0 Å². The van der Waals surface area contributed by atoms with Gasteiger partial charge in [0, 0.05) is 35.6 Å². The van der Waals surface area contributed by atoms with E-state index in [1.165, 1.54) is 13.2 Å². The molecule has 0 saturated heterocycles. The summed E-state index contributed by atoms with van der Waals surface area (Å²) in [4.78, 5) is 38.2. The number of hydrogen-bond acceptors (Lipinski definition) is 8. The second-order valence-electron chi connectivity index (χ2n) is 8.13. The highest BCUT2D eigenvalue weighted by atomic mass is 19.4. The van der Waals surface area contributed by atoms with E-state index in [-0.39, 0.29) is 36.4 Å². The lowest BCUT2D eigenvalue weighted by atomic mass is 9.99. The van der Waals surface area contributed by atoms with E-state index >= 15 is 0 Å². The summed E-state index contributed by atoms with van der Waals surface area (Å²) in [5.41, 5.74) is 0.386. The number of carbonyl (C=O) groups is 3. The zero-order chi connectivity index (χ0) is 29.3. The zero-order valence-electron chi connectivity index (χ0n) is 21.1. The number of pyridine rings is 1. The topological polar surface area (TPSA) is 152 Å². The molecule has 0 aliphatic carbocycles. The first kappa shape index (κ1) is 30.8. The first-order chi connectivity index (χ1) is 18.3. The highest BCUT2D eigenvalue weighted by Crippen LogP contribution is 2.36. The molecule has 3 N–H and O–H groups in total. The first-order valence-corrected chi connectivity index (χ1v) is 11.4. The number of aromatic nitrogens is 1. The molecule has 3 rings (SSSR count). The van der Waals surface area contributed by atoms with E-state index in [1.807, 2.05) is 13.8 Å². The minimum Gasteiger partial charge on any atom is -0.493 e. The van der Waals surface area contributed by atoms with Gasteiger partial charge in [0.15, 0.2) is 11.5 Å². The van der Waals surface area contributed by atoms with Gasteiger partial charge < -0.3 is 29.5 Å². The number of halogens is 3. The Hall–Kier alpha value is -4.39. The molecule has 0 saturated carbocycles. The number of hydrogen-bond donors (Lipinski definition) is 3. The van der Waals surface area contributed by atoms with Crippen LogP contribution in [0.2, 0.25) is 0 Å². The van der Waals surface area contributed by atoms with E-state index in [9.17, 15) is 27.9 Å². The average Bonchev–Trinajstić information content (AvgIpc) is 2.86. The van der Waals surface area contributed by atoms with Crippen molar-refractivity contribution >= 4 is 28.5 Å². The number of aliphatic hydroxyl groups excluding tert-OH is 1. The van der Waals surface area contributed by atoms with Gasteiger partial charge in [0.05, 0.1) is 25.4 Å². The number of ketones is 1. The van der Waals surface area contributed by atoms with Crippen LogP contribution in [0.4, 0.5) is 13.2 Å². The number of aliphatic hydroxyl groups is 1. The Kier molecular flexibility index (Phi) is 10.6. The number of methoxy groups -OCH3 is 1. The standard InChI is InChI=1S/C24H25NO7.C2HF3O2/c1-14(2)32-16-7-4-6-15(10-16)23(27)22-18-12-20(30-3)21(31-9-5-8-26)11-17(18)19(13-25-22)24(28)29;3-2(4,5)1(6)7/h4,6-7,10-14,26H,5,8-9H2,1-3H3,(H,28,29);(H,6,7). The van der Waals surface area contributed by atoms with Gasteiger partial charge in [-0.05, 0) is 38.1 Å². The summed E-state index contributed by atoms with van der Waals surface area (Å²) in [5, 5.41) is 26.4. The molecule has 1 aromatic heterocycles. The maximum Gasteiger partial charge on any atom is 0.490 e. The van der Waals surface area contributed by atoms with Crippen LogP contribution in [-0.2, 0) is 4.79 Å². The van der Waals surface area contributed by atoms with Crippen LogP contribution in [0.1, 0.15) is 46.7 Å². The molecular weight excluding hydrogens is 527 g/mol. The summed E-state index contributed by atoms with van der Waals surface area (Å²) in [5.74, 6) is -3.13. The smallest absolute Gasteiger partial charge is 0.490 e. The number of ether oxygens (including phenoxy) is 3. The maximum atomic E-state index is 13.3. The summed E-state index contributed by atoms with van der Waals surface area (Å²) in [6.45, 7) is 3.96. The Bertz CT molecular complexity index is 1340. The van der Waals surface area contributed by atoms with E-state index in [1.54, 1.807) is 30.3 Å². The lowest BCUT2D eigenvalue weighted by molar-refractivity contribution is -0.192. The number of benzene rings is 2. The van der Waals surface area contributed by atoms with Crippen LogP contribution in [0.25, 0.3) is 10.8 Å². The minimum absolute atomic E-state index is 0.0432. The summed E-state index contributed by atoms with van der Waals surface area (Å²) in [7, 11) is 1.45. The maximum absolute atomic E-state index is 13.3. The van der Waals surface area contributed by atoms with Gasteiger partial charge in [-0.1, -0.05) is 12.1 Å². The Morgan fingerprint density at radius 2 is 1.67 bits per heavy atom. The van der Waals surface area contributed by atoms with Crippen LogP contribution in [0, 0.1) is 0 Å². The van der Waals surface area contributed by atoms with E-state index < -0.39 is 18.1 Å². The third-order valence-electron chi connectivity index (χ3n) is 4.89. The lowest BCUT2D eigenvalue weighted by Gasteiger charge is -2.15. The second-order valence-corrected chi connectivity index (χ2v) is 8.13. The van der Waals surface area contributed by atoms with Gasteiger partial charge >= 0.3 is 18.1 Å². The Morgan fingerprint density at radius 3 is 2.21 bits per heavy atom. The van der Waals surface area contributed by atoms with Gasteiger partial charge in [-0.3, -0.25) is 9.78 Å². The van der Waals surface area contributed by atoms with E-state index in [2.05, 4.69) is 4.98 Å². The number of carboxylic acid groups (broad SMARTS) is 2. The number of rotatable bonds is 10. The molecule has 0 bridgehead atoms. The predicted octanol–water partition coefficient (Wildman–Crippen LogP) is 4.35. The lowest BCUT2D eigenvalue weighted by Crippen LogP contribution is -2.21. The number of fused-ring (bicyclic) bond motifs is 1. The number of carbonyl (C=O) groups excluding carboxylic acids is 1. The number of nitrogens with zero attached hydrogens (tertiary/aromatic N) is 1. The van der Waals surface area contributed by atoms with Gasteiger partial charge in [-0.2, -0.15) is 13.2 Å². The van der Waals surface area contributed by atoms with Crippen LogP contribution < -0.4 is 14.2 Å². The molecule has 0 unspecified atom stereocenters. The van der Waals surface area contributed by atoms with Crippen molar-refractivity contribution in [1.29, 1.82) is 0 Å². The quantitative estimate of drug-likeness (QED) is 0.244. The van der Waals surface area contributed by atoms with Gasteiger partial charge in [0.25, 0.3) is 0 Å². The van der Waals surface area contributed by atoms with E-state index in [4.69, 9.17) is 29.2 Å². The summed E-state index contributed by atoms with van der Waals surface area (Å²) in [6.07, 6.45) is -3.57. The summed E-state index contributed by atoms with van der Waals surface area (Å²) < 4.78 is 48.5. The van der Waals surface area contributed by atoms with Crippen LogP contribution in [0.15, 0.2) is 42.6 Å². The van der Waals surface area contributed by atoms with Gasteiger partial charge in [-0.15, -0.1) is 0 Å². The fourth-order valence-electron chi connectivity index (χ4n) is 3.24. The Labute approximate surface area is 220 Å². The molecule has 1 heterocycles. The summed E-state index contributed by atoms with van der Waals surface area (Å²) in [6, 6.07) is 9.82. The summed E-state index contributed by atoms with van der Waals surface area (Å²) >= 11 is 0. The minimum atomic E-state index is -5.08. The molecule has 0 atom stereocenters. The van der Waals surface area contributed by atoms with Crippen LogP contribution >= 0.6 is 0 Å². The SMILES string of the molecule is COc1cc2c(C(=O)c3cccc(OC(C)C)c3)ncc(C(=O)O)c2cc1OCCCO.O=C(O)C(F)(F)F. The molecule has 13 heteroatoms. The molecule has 0 radical (unpaired) electrons. The Morgan fingerprint density at radius 1 is 1.03 bits per heavy atom. The van der Waals surface area contributed by atoms with Gasteiger partial charge in [-0.25, -0.2) is 9.59 Å². The van der Waals surface area contributed by atoms with Crippen molar-refractivity contribution in [3.05, 3.63) is 59.4 Å². The highest BCUT2D eigenvalue weighted by molar-refractivity contribution is 6.18. The third-order valence-corrected chi connectivity index (χ3v) is 4.89. The van der Waals surface area contributed by atoms with Crippen LogP contribution in [0.5, 0.6) is 17.2 Å². The van der Waals surface area contributed by atoms with Crippen LogP contribution in [-0.4, -0.2) is 70.6 Å². The van der Waals surface area contributed by atoms with Crippen molar-refractivity contribution in [2.75, 3.05) is 20.3 Å². The first-order valence-electron chi connectivity index (χ1n) is 11.4. The molecule has 210 valence electrons. The fourth-order valence-corrected chi connectivity index (χ4v) is 3.24. The fraction of sp³-hybridized carbons (Fsp3) is 0.308. The number of aromatic carboxylic acids is 1. The predicted molar refractivity (Wildman–Crippen MR) is 132 cm³/mol. The third kappa shape index (κ3) is 8.30. The monoisotopic (exact) mass is 553 g/mol. The molecule has 0 aliphatic heterocycles. The molecular formula is C26H26F3NO9. The molecule has 10 nitrogen and oxygen atoms in total. The van der Waals surface area contributed by atoms with Crippen molar-refractivity contribution in [2.45, 2.75) is 32.5 Å². The van der Waals surface area contributed by atoms with Crippen molar-refractivity contribution < 1.29 is 57.1 Å². The Balaban J connectivity index is 0.000000673. The van der Waals surface area contributed by atoms with Crippen molar-refractivity contribution in [1.82, 2.24) is 4.98 Å². The molecule has 2 aromatic carbocycles. The van der Waals surface area contributed by atoms with E-state index in [0.29, 0.717) is 40.0 Å². The molecule has 0 fully saturated rings. The largest absolute Gasteiger partial charge is 0.493 e. The number of alkyl halides is 3. The van der Waals surface area contributed by atoms with Crippen LogP contribution in [0.3, 0.4) is 0 Å². The van der Waals surface area contributed by atoms with E-state index in [0.717, 1.165) is 6.20 Å². The van der Waals surface area contributed by atoms with Crippen molar-refractivity contribution in [2.24, 2.45) is 0 Å². The van der Waals surface area contributed by atoms with Gasteiger partial charge in [0.1, 0.15) is 11.4 Å². The second kappa shape index (κ2) is 13.4. The number of carboxylic acids is 2. The highest BCUT2D eigenvalue weighted by Gasteiger charge is 2.38. The van der Waals surface area contributed by atoms with Crippen molar-refractivity contribution in [3.8, 4) is 17.2 Å². The molecule has 3 aromatic rings. The molecule has 39 heavy (non-hydrogen) atoms. The number of aliphatic carboxylic acids is 1.